The van der Waals surface area contributed by atoms with E-state index < -0.39 is 34.1 Å². The Hall–Kier alpha value is -2.58. The number of hydrogen-bond donors (Lipinski definition) is 1. The van der Waals surface area contributed by atoms with Crippen LogP contribution in [0, 0.1) is 13.8 Å². The van der Waals surface area contributed by atoms with E-state index in [4.69, 9.17) is 11.6 Å². The summed E-state index contributed by atoms with van der Waals surface area (Å²) in [6.45, 7) is 10.8. The second-order valence-corrected chi connectivity index (χ2v) is 12.1. The minimum absolute atomic E-state index is 0.168. The molecule has 0 bridgehead atoms. The fraction of sp³-hybridized carbons (Fsp3) is 0.462. The maximum absolute atomic E-state index is 13.7. The van der Waals surface area contributed by atoms with Crippen molar-refractivity contribution in [2.24, 2.45) is 0 Å². The first-order valence-electron chi connectivity index (χ1n) is 11.5. The molecule has 0 aliphatic rings. The predicted octanol–water partition coefficient (Wildman–Crippen LogP) is 4.44. The molecule has 1 unspecified atom stereocenters. The maximum atomic E-state index is 13.7. The summed E-state index contributed by atoms with van der Waals surface area (Å²) in [4.78, 5) is 28.4. The number of nitrogens with one attached hydrogen (secondary N) is 1. The third-order valence-electron chi connectivity index (χ3n) is 5.54. The molecule has 1 N–H and O–H groups in total. The number of halogens is 1. The second kappa shape index (κ2) is 11.4. The SMILES string of the molecule is CCC(C(=O)NC(C)(C)C)N(Cc1ccc(C)cc1)C(=O)CN(c1cccc(Cl)c1C)S(C)(=O)=O. The predicted molar refractivity (Wildman–Crippen MR) is 142 cm³/mol. The van der Waals surface area contributed by atoms with Gasteiger partial charge in [-0.2, -0.15) is 0 Å². The summed E-state index contributed by atoms with van der Waals surface area (Å²) >= 11 is 6.23. The van der Waals surface area contributed by atoms with Crippen LogP contribution in [0.4, 0.5) is 5.69 Å². The van der Waals surface area contributed by atoms with Gasteiger partial charge in [-0.3, -0.25) is 13.9 Å². The van der Waals surface area contributed by atoms with Gasteiger partial charge in [-0.15, -0.1) is 0 Å². The number of nitrogens with zero attached hydrogens (tertiary/aromatic N) is 2. The highest BCUT2D eigenvalue weighted by Gasteiger charge is 2.33. The van der Waals surface area contributed by atoms with E-state index in [0.29, 0.717) is 22.7 Å². The van der Waals surface area contributed by atoms with E-state index in [1.165, 1.54) is 4.90 Å². The molecule has 192 valence electrons. The van der Waals surface area contributed by atoms with E-state index in [1.807, 2.05) is 58.9 Å². The molecule has 2 rings (SSSR count). The lowest BCUT2D eigenvalue weighted by Crippen LogP contribution is -2.55. The van der Waals surface area contributed by atoms with Crippen molar-refractivity contribution in [1.29, 1.82) is 0 Å². The summed E-state index contributed by atoms with van der Waals surface area (Å²) in [6, 6.07) is 11.8. The van der Waals surface area contributed by atoms with Crippen molar-refractivity contribution in [3.05, 3.63) is 64.2 Å². The molecule has 0 saturated carbocycles. The maximum Gasteiger partial charge on any atom is 0.244 e. The molecule has 0 spiro atoms. The number of carbonyl (C=O) groups is 2. The van der Waals surface area contributed by atoms with Crippen LogP contribution in [0.2, 0.25) is 5.02 Å². The molecule has 0 saturated heterocycles. The van der Waals surface area contributed by atoms with Crippen LogP contribution in [0.3, 0.4) is 0 Å². The number of hydrogen-bond acceptors (Lipinski definition) is 4. The van der Waals surface area contributed by atoms with Crippen LogP contribution < -0.4 is 9.62 Å². The Labute approximate surface area is 214 Å². The highest BCUT2D eigenvalue weighted by molar-refractivity contribution is 7.92. The largest absolute Gasteiger partial charge is 0.350 e. The third-order valence-corrected chi connectivity index (χ3v) is 7.08. The third kappa shape index (κ3) is 7.97. The van der Waals surface area contributed by atoms with E-state index in [0.717, 1.165) is 21.7 Å². The van der Waals surface area contributed by atoms with Crippen LogP contribution in [0.25, 0.3) is 0 Å². The molecule has 0 aromatic heterocycles. The zero-order valence-electron chi connectivity index (χ0n) is 21.6. The lowest BCUT2D eigenvalue weighted by atomic mass is 10.1. The molecule has 35 heavy (non-hydrogen) atoms. The Balaban J connectivity index is 2.49. The number of rotatable bonds is 9. The van der Waals surface area contributed by atoms with Crippen molar-refractivity contribution in [3.63, 3.8) is 0 Å². The Kier molecular flexibility index (Phi) is 9.36. The Morgan fingerprint density at radius 1 is 1.06 bits per heavy atom. The zero-order chi connectivity index (χ0) is 26.6. The van der Waals surface area contributed by atoms with E-state index in [-0.39, 0.29) is 12.5 Å². The highest BCUT2D eigenvalue weighted by Crippen LogP contribution is 2.28. The minimum atomic E-state index is -3.82. The molecule has 0 aliphatic carbocycles. The molecule has 0 radical (unpaired) electrons. The number of anilines is 1. The standard InChI is InChI=1S/C26H36ClN3O4S/c1-8-22(25(32)28-26(4,5)6)29(16-20-14-12-18(2)13-15-20)24(31)17-30(35(7,33)34)23-11-9-10-21(27)19(23)3/h9-15,22H,8,16-17H2,1-7H3,(H,28,32). The van der Waals surface area contributed by atoms with Gasteiger partial charge < -0.3 is 10.2 Å². The van der Waals surface area contributed by atoms with Gasteiger partial charge >= 0.3 is 0 Å². The molecule has 7 nitrogen and oxygen atoms in total. The van der Waals surface area contributed by atoms with E-state index >= 15 is 0 Å². The molecule has 2 aromatic rings. The molecule has 0 aliphatic heterocycles. The van der Waals surface area contributed by atoms with Crippen LogP contribution in [-0.2, 0) is 26.2 Å². The molecular formula is C26H36ClN3O4S. The van der Waals surface area contributed by atoms with E-state index in [2.05, 4.69) is 5.32 Å². The topological polar surface area (TPSA) is 86.8 Å². The molecular weight excluding hydrogens is 486 g/mol. The Morgan fingerprint density at radius 3 is 2.17 bits per heavy atom. The Bertz CT molecular complexity index is 1160. The van der Waals surface area contributed by atoms with Crippen LogP contribution in [0.5, 0.6) is 0 Å². The van der Waals surface area contributed by atoms with Gasteiger partial charge in [0.15, 0.2) is 0 Å². The van der Waals surface area contributed by atoms with Gasteiger partial charge in [-0.05, 0) is 64.3 Å². The Morgan fingerprint density at radius 2 is 1.66 bits per heavy atom. The fourth-order valence-electron chi connectivity index (χ4n) is 3.72. The molecule has 0 heterocycles. The lowest BCUT2D eigenvalue weighted by molar-refractivity contribution is -0.141. The van der Waals surface area contributed by atoms with Crippen molar-refractivity contribution < 1.29 is 18.0 Å². The summed E-state index contributed by atoms with van der Waals surface area (Å²) < 4.78 is 26.5. The van der Waals surface area contributed by atoms with E-state index in [9.17, 15) is 18.0 Å². The molecule has 2 aromatic carbocycles. The smallest absolute Gasteiger partial charge is 0.244 e. The summed E-state index contributed by atoms with van der Waals surface area (Å²) in [7, 11) is -3.82. The first-order chi connectivity index (χ1) is 16.1. The number of aryl methyl sites for hydroxylation is 1. The van der Waals surface area contributed by atoms with Crippen LogP contribution in [0.1, 0.15) is 50.8 Å². The first kappa shape index (κ1) is 28.7. The fourth-order valence-corrected chi connectivity index (χ4v) is 4.79. The van der Waals surface area contributed by atoms with Gasteiger partial charge in [0.1, 0.15) is 12.6 Å². The summed E-state index contributed by atoms with van der Waals surface area (Å²) in [5, 5.41) is 3.35. The number of amides is 2. The van der Waals surface area contributed by atoms with Crippen molar-refractivity contribution >= 4 is 39.1 Å². The molecule has 2 amide bonds. The van der Waals surface area contributed by atoms with Gasteiger partial charge in [0.25, 0.3) is 0 Å². The van der Waals surface area contributed by atoms with Gasteiger partial charge in [0.2, 0.25) is 21.8 Å². The number of carbonyl (C=O) groups excluding carboxylic acids is 2. The van der Waals surface area contributed by atoms with Crippen molar-refractivity contribution in [2.75, 3.05) is 17.1 Å². The summed E-state index contributed by atoms with van der Waals surface area (Å²) in [6.07, 6.45) is 1.42. The van der Waals surface area contributed by atoms with Gasteiger partial charge in [-0.25, -0.2) is 8.42 Å². The summed E-state index contributed by atoms with van der Waals surface area (Å²) in [5.41, 5.74) is 2.31. The van der Waals surface area contributed by atoms with E-state index in [1.54, 1.807) is 25.1 Å². The molecule has 1 atom stereocenters. The minimum Gasteiger partial charge on any atom is -0.350 e. The van der Waals surface area contributed by atoms with Crippen molar-refractivity contribution in [3.8, 4) is 0 Å². The molecule has 0 fully saturated rings. The van der Waals surface area contributed by atoms with Crippen LogP contribution in [0.15, 0.2) is 42.5 Å². The highest BCUT2D eigenvalue weighted by atomic mass is 35.5. The number of sulfonamides is 1. The lowest BCUT2D eigenvalue weighted by Gasteiger charge is -2.34. The van der Waals surface area contributed by atoms with Crippen molar-refractivity contribution in [1.82, 2.24) is 10.2 Å². The van der Waals surface area contributed by atoms with Gasteiger partial charge in [0.05, 0.1) is 11.9 Å². The van der Waals surface area contributed by atoms with Crippen LogP contribution >= 0.6 is 11.6 Å². The zero-order valence-corrected chi connectivity index (χ0v) is 23.1. The second-order valence-electron chi connectivity index (χ2n) is 9.82. The van der Waals surface area contributed by atoms with Gasteiger partial charge in [-0.1, -0.05) is 54.4 Å². The average molecular weight is 522 g/mol. The molecule has 9 heteroatoms. The van der Waals surface area contributed by atoms with Crippen LogP contribution in [-0.4, -0.2) is 49.5 Å². The average Bonchev–Trinajstić information content (AvgIpc) is 2.73. The van der Waals surface area contributed by atoms with Crippen molar-refractivity contribution in [2.45, 2.75) is 66.1 Å². The van der Waals surface area contributed by atoms with Gasteiger partial charge in [0, 0.05) is 17.1 Å². The normalized spacial score (nSPS) is 12.7. The monoisotopic (exact) mass is 521 g/mol. The summed E-state index contributed by atoms with van der Waals surface area (Å²) in [5.74, 6) is -0.767. The quantitative estimate of drug-likeness (QED) is 0.528. The number of benzene rings is 2. The first-order valence-corrected chi connectivity index (χ1v) is 13.8.